The van der Waals surface area contributed by atoms with Crippen molar-refractivity contribution >= 4 is 44.8 Å². The smallest absolute Gasteiger partial charge is 0.125 e. The third kappa shape index (κ3) is 3.59. The first-order valence-corrected chi connectivity index (χ1v) is 6.84. The Hall–Kier alpha value is -0.840. The van der Waals surface area contributed by atoms with E-state index in [2.05, 4.69) is 21.2 Å². The molecule has 0 aromatic heterocycles. The first-order chi connectivity index (χ1) is 8.97. The third-order valence-corrected chi connectivity index (χ3v) is 3.75. The van der Waals surface area contributed by atoms with Crippen molar-refractivity contribution in [2.45, 2.75) is 6.54 Å². The Morgan fingerprint density at radius 2 is 1.68 bits per heavy atom. The van der Waals surface area contributed by atoms with Crippen LogP contribution in [0.2, 0.25) is 10.0 Å². The monoisotopic (exact) mass is 365 g/mol. The first kappa shape index (κ1) is 14.6. The topological polar surface area (TPSA) is 12.0 Å². The largest absolute Gasteiger partial charge is 0.379 e. The van der Waals surface area contributed by atoms with Crippen LogP contribution in [0, 0.1) is 11.6 Å². The number of rotatable bonds is 3. The van der Waals surface area contributed by atoms with E-state index in [0.29, 0.717) is 21.7 Å². The second-order valence-electron chi connectivity index (χ2n) is 3.83. The summed E-state index contributed by atoms with van der Waals surface area (Å²) in [7, 11) is 0. The summed E-state index contributed by atoms with van der Waals surface area (Å²) in [5, 5.41) is 3.61. The van der Waals surface area contributed by atoms with Crippen LogP contribution in [0.25, 0.3) is 0 Å². The summed E-state index contributed by atoms with van der Waals surface area (Å²) < 4.78 is 26.5. The van der Waals surface area contributed by atoms with Crippen LogP contribution < -0.4 is 5.32 Å². The Morgan fingerprint density at radius 3 is 2.32 bits per heavy atom. The van der Waals surface area contributed by atoms with Crippen molar-refractivity contribution in [1.29, 1.82) is 0 Å². The van der Waals surface area contributed by atoms with Crippen LogP contribution in [-0.4, -0.2) is 0 Å². The summed E-state index contributed by atoms with van der Waals surface area (Å²) >= 11 is 15.1. The summed E-state index contributed by atoms with van der Waals surface area (Å²) in [5.41, 5.74) is 1.28. The summed E-state index contributed by atoms with van der Waals surface area (Å²) in [5.74, 6) is -0.822. The number of anilines is 1. The zero-order valence-electron chi connectivity index (χ0n) is 9.48. The molecule has 0 saturated heterocycles. The van der Waals surface area contributed by atoms with Crippen LogP contribution >= 0.6 is 39.1 Å². The molecule has 6 heteroatoms. The van der Waals surface area contributed by atoms with E-state index in [0.717, 1.165) is 5.56 Å². The maximum absolute atomic E-state index is 13.1. The summed E-state index contributed by atoms with van der Waals surface area (Å²) in [6, 6.07) is 6.65. The fraction of sp³-hybridized carbons (Fsp3) is 0.0769. The van der Waals surface area contributed by atoms with Crippen molar-refractivity contribution in [2.24, 2.45) is 0 Å². The second kappa shape index (κ2) is 6.07. The van der Waals surface area contributed by atoms with E-state index >= 15 is 0 Å². The molecule has 0 spiro atoms. The quantitative estimate of drug-likeness (QED) is 0.740. The Morgan fingerprint density at radius 1 is 1.00 bits per heavy atom. The summed E-state index contributed by atoms with van der Waals surface area (Å²) in [6.07, 6.45) is 0. The number of halogens is 5. The third-order valence-electron chi connectivity index (χ3n) is 2.48. The van der Waals surface area contributed by atoms with Gasteiger partial charge >= 0.3 is 0 Å². The van der Waals surface area contributed by atoms with Gasteiger partial charge < -0.3 is 5.32 Å². The van der Waals surface area contributed by atoms with Crippen LogP contribution in [0.4, 0.5) is 14.5 Å². The maximum Gasteiger partial charge on any atom is 0.125 e. The zero-order valence-corrected chi connectivity index (χ0v) is 12.6. The number of hydrogen-bond donors (Lipinski definition) is 1. The molecule has 2 aromatic rings. The van der Waals surface area contributed by atoms with Crippen molar-refractivity contribution in [3.05, 3.63) is 62.0 Å². The van der Waals surface area contributed by atoms with Gasteiger partial charge in [0.15, 0.2) is 0 Å². The molecular formula is C13H8BrCl2F2N. The van der Waals surface area contributed by atoms with Crippen molar-refractivity contribution < 1.29 is 8.78 Å². The van der Waals surface area contributed by atoms with Gasteiger partial charge in [-0.25, -0.2) is 8.78 Å². The molecule has 0 fully saturated rings. The lowest BCUT2D eigenvalue weighted by Gasteiger charge is -2.12. The molecule has 1 N–H and O–H groups in total. The molecule has 0 saturated carbocycles. The Kier molecular flexibility index (Phi) is 4.66. The highest BCUT2D eigenvalue weighted by Gasteiger charge is 2.09. The highest BCUT2D eigenvalue weighted by atomic mass is 79.9. The fourth-order valence-electron chi connectivity index (χ4n) is 1.56. The molecule has 0 aliphatic carbocycles. The van der Waals surface area contributed by atoms with E-state index in [-0.39, 0.29) is 5.02 Å². The van der Waals surface area contributed by atoms with Crippen LogP contribution in [0.3, 0.4) is 0 Å². The highest BCUT2D eigenvalue weighted by Crippen LogP contribution is 2.32. The van der Waals surface area contributed by atoms with Gasteiger partial charge in [-0.15, -0.1) is 0 Å². The van der Waals surface area contributed by atoms with Gasteiger partial charge in [-0.2, -0.15) is 0 Å². The Bertz CT molecular complexity index is 597. The van der Waals surface area contributed by atoms with Gasteiger partial charge in [0.1, 0.15) is 11.6 Å². The van der Waals surface area contributed by atoms with Gasteiger partial charge in [-0.3, -0.25) is 0 Å². The fourth-order valence-corrected chi connectivity index (χ4v) is 2.75. The first-order valence-electron chi connectivity index (χ1n) is 5.29. The van der Waals surface area contributed by atoms with Crippen LogP contribution in [0.1, 0.15) is 5.56 Å². The zero-order chi connectivity index (χ0) is 14.0. The standard InChI is InChI=1S/C13H8BrCl2F2N/c14-10-3-9(18)5-12(16)13(10)19-6-7-1-2-8(17)4-11(7)15/h1-5,19H,6H2. The molecular weight excluding hydrogens is 359 g/mol. The van der Waals surface area contributed by atoms with Gasteiger partial charge in [0, 0.05) is 16.0 Å². The molecule has 0 amide bonds. The van der Waals surface area contributed by atoms with Gasteiger partial charge in [0.25, 0.3) is 0 Å². The molecule has 2 rings (SSSR count). The lowest BCUT2D eigenvalue weighted by molar-refractivity contribution is 0.626. The average Bonchev–Trinajstić information content (AvgIpc) is 2.30. The molecule has 19 heavy (non-hydrogen) atoms. The molecule has 0 aliphatic rings. The molecule has 0 radical (unpaired) electrons. The van der Waals surface area contributed by atoms with E-state index in [1.807, 2.05) is 0 Å². The van der Waals surface area contributed by atoms with Crippen molar-refractivity contribution in [3.63, 3.8) is 0 Å². The Labute approximate surface area is 127 Å². The van der Waals surface area contributed by atoms with Gasteiger partial charge in [0.05, 0.1) is 10.7 Å². The van der Waals surface area contributed by atoms with E-state index < -0.39 is 11.6 Å². The molecule has 0 unspecified atom stereocenters. The second-order valence-corrected chi connectivity index (χ2v) is 5.50. The van der Waals surface area contributed by atoms with Crippen LogP contribution in [0.15, 0.2) is 34.8 Å². The van der Waals surface area contributed by atoms with Crippen molar-refractivity contribution in [2.75, 3.05) is 5.32 Å². The number of hydrogen-bond acceptors (Lipinski definition) is 1. The van der Waals surface area contributed by atoms with E-state index in [1.165, 1.54) is 24.3 Å². The normalized spacial score (nSPS) is 10.6. The molecule has 100 valence electrons. The molecule has 0 aliphatic heterocycles. The molecule has 0 atom stereocenters. The lowest BCUT2D eigenvalue weighted by atomic mass is 10.2. The highest BCUT2D eigenvalue weighted by molar-refractivity contribution is 9.10. The van der Waals surface area contributed by atoms with Crippen molar-refractivity contribution in [3.8, 4) is 0 Å². The SMILES string of the molecule is Fc1ccc(CNc2c(Cl)cc(F)cc2Br)c(Cl)c1. The molecule has 2 aromatic carbocycles. The number of nitrogens with one attached hydrogen (secondary N) is 1. The predicted molar refractivity (Wildman–Crippen MR) is 77.8 cm³/mol. The van der Waals surface area contributed by atoms with Crippen molar-refractivity contribution in [1.82, 2.24) is 0 Å². The Balaban J connectivity index is 2.19. The van der Waals surface area contributed by atoms with E-state index in [9.17, 15) is 8.78 Å². The molecule has 0 heterocycles. The summed E-state index contributed by atoms with van der Waals surface area (Å²) in [4.78, 5) is 0. The van der Waals surface area contributed by atoms with E-state index in [4.69, 9.17) is 23.2 Å². The minimum atomic E-state index is -0.428. The van der Waals surface area contributed by atoms with Crippen LogP contribution in [0.5, 0.6) is 0 Å². The lowest BCUT2D eigenvalue weighted by Crippen LogP contribution is -2.02. The van der Waals surface area contributed by atoms with Crippen LogP contribution in [-0.2, 0) is 6.54 Å². The predicted octanol–water partition coefficient (Wildman–Crippen LogP) is 5.65. The molecule has 1 nitrogen and oxygen atoms in total. The number of benzene rings is 2. The van der Waals surface area contributed by atoms with Gasteiger partial charge in [-0.1, -0.05) is 29.3 Å². The minimum absolute atomic E-state index is 0.255. The molecule has 0 bridgehead atoms. The minimum Gasteiger partial charge on any atom is -0.379 e. The van der Waals surface area contributed by atoms with Gasteiger partial charge in [0.2, 0.25) is 0 Å². The maximum atomic E-state index is 13.1. The van der Waals surface area contributed by atoms with E-state index in [1.54, 1.807) is 6.07 Å². The summed E-state index contributed by atoms with van der Waals surface area (Å²) in [6.45, 7) is 0.350. The van der Waals surface area contributed by atoms with Gasteiger partial charge in [-0.05, 0) is 45.8 Å². The average molecular weight is 367 g/mol.